The molecule has 2 rings (SSSR count). The molecule has 9 heteroatoms. The van der Waals surface area contributed by atoms with Gasteiger partial charge < -0.3 is 9.80 Å². The van der Waals surface area contributed by atoms with Gasteiger partial charge in [0, 0.05) is 31.2 Å². The minimum Gasteiger partial charge on any atom is -0.323 e. The first kappa shape index (κ1) is 19.2. The Balaban J connectivity index is 2.08. The number of hydrogen-bond acceptors (Lipinski definition) is 5. The molecule has 1 aromatic rings. The number of nitrogens with one attached hydrogen (secondary N) is 1. The molecule has 1 saturated heterocycles. The predicted octanol–water partition coefficient (Wildman–Crippen LogP) is 0.351. The van der Waals surface area contributed by atoms with E-state index in [1.807, 2.05) is 13.8 Å². The van der Waals surface area contributed by atoms with Gasteiger partial charge in [0.25, 0.3) is 5.91 Å². The summed E-state index contributed by atoms with van der Waals surface area (Å²) in [4.78, 5) is 27.5. The average Bonchev–Trinajstić information content (AvgIpc) is 2.58. The lowest BCUT2D eigenvalue weighted by Gasteiger charge is -2.35. The number of nitrogen functional groups attached to an aromatic ring is 1. The van der Waals surface area contributed by atoms with E-state index in [9.17, 15) is 18.0 Å². The van der Waals surface area contributed by atoms with Crippen LogP contribution in [0.2, 0.25) is 0 Å². The lowest BCUT2D eigenvalue weighted by molar-refractivity contribution is 0.0953. The molecule has 0 spiro atoms. The summed E-state index contributed by atoms with van der Waals surface area (Å²) >= 11 is 0. The van der Waals surface area contributed by atoms with Crippen LogP contribution in [0.5, 0.6) is 0 Å². The number of rotatable bonds is 4. The molecule has 1 aliphatic heterocycles. The second kappa shape index (κ2) is 7.83. The number of amides is 3. The van der Waals surface area contributed by atoms with E-state index in [2.05, 4.69) is 5.43 Å². The Morgan fingerprint density at radius 2 is 1.76 bits per heavy atom. The molecule has 3 amide bonds. The largest absolute Gasteiger partial charge is 0.323 e. The zero-order chi connectivity index (χ0) is 18.6. The molecule has 0 aliphatic carbocycles. The molecule has 0 atom stereocenters. The number of hydrazine groups is 1. The number of benzene rings is 1. The number of carbonyl (C=O) groups is 2. The average molecular weight is 368 g/mol. The summed E-state index contributed by atoms with van der Waals surface area (Å²) in [5.41, 5.74) is 3.38. The molecule has 0 saturated carbocycles. The summed E-state index contributed by atoms with van der Waals surface area (Å²) in [5, 5.41) is 0. The SMILES string of the molecule is CC(C)N(Cc1ccc(C(=O)NN)cc1)C(=O)N1CCS(=O)(=O)CC1. The van der Waals surface area contributed by atoms with Crippen molar-refractivity contribution in [2.45, 2.75) is 26.4 Å². The molecule has 1 aromatic carbocycles. The maximum atomic E-state index is 12.8. The van der Waals surface area contributed by atoms with E-state index in [0.717, 1.165) is 5.56 Å². The Morgan fingerprint density at radius 3 is 2.24 bits per heavy atom. The fraction of sp³-hybridized carbons (Fsp3) is 0.500. The smallest absolute Gasteiger partial charge is 0.320 e. The number of nitrogens with two attached hydrogens (primary N) is 1. The van der Waals surface area contributed by atoms with Crippen LogP contribution in [0.25, 0.3) is 0 Å². The molecular weight excluding hydrogens is 344 g/mol. The highest BCUT2D eigenvalue weighted by Gasteiger charge is 2.29. The monoisotopic (exact) mass is 368 g/mol. The number of nitrogens with zero attached hydrogens (tertiary/aromatic N) is 2. The zero-order valence-electron chi connectivity index (χ0n) is 14.4. The van der Waals surface area contributed by atoms with Gasteiger partial charge in [0.2, 0.25) is 0 Å². The Labute approximate surface area is 147 Å². The number of urea groups is 1. The molecule has 0 aromatic heterocycles. The van der Waals surface area contributed by atoms with Crippen LogP contribution < -0.4 is 11.3 Å². The van der Waals surface area contributed by atoms with Crippen molar-refractivity contribution < 1.29 is 18.0 Å². The standard InChI is InChI=1S/C16H24N4O4S/c1-12(2)20(16(22)19-7-9-25(23,24)10-8-19)11-13-3-5-14(6-4-13)15(21)18-17/h3-6,12H,7-11,17H2,1-2H3,(H,18,21). The Bertz CT molecular complexity index is 717. The van der Waals surface area contributed by atoms with Crippen LogP contribution in [0.15, 0.2) is 24.3 Å². The lowest BCUT2D eigenvalue weighted by atomic mass is 10.1. The van der Waals surface area contributed by atoms with E-state index in [-0.39, 0.29) is 42.6 Å². The van der Waals surface area contributed by atoms with Crippen molar-refractivity contribution in [2.75, 3.05) is 24.6 Å². The van der Waals surface area contributed by atoms with Gasteiger partial charge in [-0.25, -0.2) is 19.1 Å². The predicted molar refractivity (Wildman–Crippen MR) is 94.4 cm³/mol. The molecule has 1 fully saturated rings. The minimum absolute atomic E-state index is 0.00751. The molecular formula is C16H24N4O4S. The first-order valence-electron chi connectivity index (χ1n) is 8.09. The van der Waals surface area contributed by atoms with Crippen LogP contribution in [-0.4, -0.2) is 60.8 Å². The highest BCUT2D eigenvalue weighted by Crippen LogP contribution is 2.15. The maximum Gasteiger partial charge on any atom is 0.320 e. The first-order chi connectivity index (χ1) is 11.7. The van der Waals surface area contributed by atoms with Crippen molar-refractivity contribution in [1.82, 2.24) is 15.2 Å². The van der Waals surface area contributed by atoms with Crippen molar-refractivity contribution in [1.29, 1.82) is 0 Å². The molecule has 25 heavy (non-hydrogen) atoms. The van der Waals surface area contributed by atoms with Gasteiger partial charge in [-0.05, 0) is 31.5 Å². The van der Waals surface area contributed by atoms with E-state index >= 15 is 0 Å². The summed E-state index contributed by atoms with van der Waals surface area (Å²) in [6, 6.07) is 6.62. The second-order valence-corrected chi connectivity index (χ2v) is 8.62. The van der Waals surface area contributed by atoms with Crippen molar-refractivity contribution in [3.8, 4) is 0 Å². The molecule has 1 heterocycles. The first-order valence-corrected chi connectivity index (χ1v) is 9.91. The van der Waals surface area contributed by atoms with Gasteiger partial charge in [-0.2, -0.15) is 0 Å². The number of sulfone groups is 1. The van der Waals surface area contributed by atoms with Crippen molar-refractivity contribution in [3.63, 3.8) is 0 Å². The minimum atomic E-state index is -3.03. The van der Waals surface area contributed by atoms with E-state index in [1.165, 1.54) is 0 Å². The third-order valence-corrected chi connectivity index (χ3v) is 5.79. The van der Waals surface area contributed by atoms with E-state index < -0.39 is 9.84 Å². The van der Waals surface area contributed by atoms with E-state index in [1.54, 1.807) is 34.1 Å². The van der Waals surface area contributed by atoms with Gasteiger partial charge in [-0.15, -0.1) is 0 Å². The van der Waals surface area contributed by atoms with Gasteiger partial charge in [-0.3, -0.25) is 10.2 Å². The molecule has 0 radical (unpaired) electrons. The zero-order valence-corrected chi connectivity index (χ0v) is 15.3. The quantitative estimate of drug-likeness (QED) is 0.452. The summed E-state index contributed by atoms with van der Waals surface area (Å²) in [6.45, 7) is 4.65. The Kier molecular flexibility index (Phi) is 6.02. The molecule has 0 bridgehead atoms. The topological polar surface area (TPSA) is 113 Å². The fourth-order valence-corrected chi connectivity index (χ4v) is 3.80. The highest BCUT2D eigenvalue weighted by molar-refractivity contribution is 7.91. The van der Waals surface area contributed by atoms with Gasteiger partial charge in [0.15, 0.2) is 9.84 Å². The third-order valence-electron chi connectivity index (χ3n) is 4.18. The molecule has 0 unspecified atom stereocenters. The summed E-state index contributed by atoms with van der Waals surface area (Å²) < 4.78 is 23.1. The van der Waals surface area contributed by atoms with Gasteiger partial charge in [-0.1, -0.05) is 12.1 Å². The van der Waals surface area contributed by atoms with Crippen LogP contribution in [0.4, 0.5) is 4.79 Å². The fourth-order valence-electron chi connectivity index (χ4n) is 2.60. The van der Waals surface area contributed by atoms with Gasteiger partial charge in [0.05, 0.1) is 11.5 Å². The van der Waals surface area contributed by atoms with Crippen LogP contribution in [0, 0.1) is 0 Å². The normalized spacial score (nSPS) is 16.6. The summed E-state index contributed by atoms with van der Waals surface area (Å²) in [7, 11) is -3.03. The lowest BCUT2D eigenvalue weighted by Crippen LogP contribution is -2.51. The van der Waals surface area contributed by atoms with Crippen LogP contribution in [0.3, 0.4) is 0 Å². The summed E-state index contributed by atoms with van der Waals surface area (Å²) in [5.74, 6) is 4.74. The molecule has 3 N–H and O–H groups in total. The number of hydrogen-bond donors (Lipinski definition) is 2. The van der Waals surface area contributed by atoms with Crippen molar-refractivity contribution in [3.05, 3.63) is 35.4 Å². The van der Waals surface area contributed by atoms with E-state index in [0.29, 0.717) is 12.1 Å². The highest BCUT2D eigenvalue weighted by atomic mass is 32.2. The molecule has 1 aliphatic rings. The van der Waals surface area contributed by atoms with Crippen molar-refractivity contribution in [2.24, 2.45) is 5.84 Å². The summed E-state index contributed by atoms with van der Waals surface area (Å²) in [6.07, 6.45) is 0. The molecule has 138 valence electrons. The maximum absolute atomic E-state index is 12.8. The van der Waals surface area contributed by atoms with Crippen LogP contribution >= 0.6 is 0 Å². The van der Waals surface area contributed by atoms with E-state index in [4.69, 9.17) is 5.84 Å². The number of carbonyl (C=O) groups excluding carboxylic acids is 2. The van der Waals surface area contributed by atoms with Crippen molar-refractivity contribution >= 4 is 21.8 Å². The molecule has 8 nitrogen and oxygen atoms in total. The van der Waals surface area contributed by atoms with Crippen LogP contribution in [0.1, 0.15) is 29.8 Å². The Hall–Kier alpha value is -2.13. The Morgan fingerprint density at radius 1 is 1.20 bits per heavy atom. The second-order valence-electron chi connectivity index (χ2n) is 6.31. The van der Waals surface area contributed by atoms with Crippen LogP contribution in [-0.2, 0) is 16.4 Å². The van der Waals surface area contributed by atoms with Gasteiger partial charge >= 0.3 is 6.03 Å². The van der Waals surface area contributed by atoms with Gasteiger partial charge in [0.1, 0.15) is 0 Å². The third kappa shape index (κ3) is 4.93.